The second-order valence-electron chi connectivity index (χ2n) is 9.36. The van der Waals surface area contributed by atoms with Crippen LogP contribution >= 0.6 is 11.6 Å². The maximum Gasteiger partial charge on any atom is 0.237 e. The minimum Gasteiger partial charge on any atom is -0.299 e. The van der Waals surface area contributed by atoms with Gasteiger partial charge in [0.1, 0.15) is 0 Å². The number of nitrogens with zero attached hydrogens (tertiary/aromatic N) is 1. The standard InChI is InChI=1S/C28H42ClN2O2/c1-2-3-4-5-6-7-8-9-10-11-12-13-14-15-16-17-18-23-21-27(32)31(28(23)33)24-19-20-25(29)26(30)22-24/h15-16,19-20,22-23,30H,2-14,17-18,21H2,1H3. The number of unbranched alkanes of at least 4 members (excludes halogenated alkanes) is 12. The number of nitrogens with one attached hydrogen (secondary N) is 1. The molecular weight excluding hydrogens is 432 g/mol. The van der Waals surface area contributed by atoms with Crippen LogP contribution in [0.4, 0.5) is 11.4 Å². The highest BCUT2D eigenvalue weighted by molar-refractivity contribution is 6.33. The van der Waals surface area contributed by atoms with E-state index in [1.165, 1.54) is 88.0 Å². The summed E-state index contributed by atoms with van der Waals surface area (Å²) in [6.07, 6.45) is 23.6. The lowest BCUT2D eigenvalue weighted by molar-refractivity contribution is -0.122. The summed E-state index contributed by atoms with van der Waals surface area (Å²) in [6.45, 7) is 2.27. The second-order valence-corrected chi connectivity index (χ2v) is 9.77. The molecule has 1 aliphatic rings. The zero-order chi connectivity index (χ0) is 23.9. The molecular formula is C28H42ClN2O2. The number of carbonyl (C=O) groups is 2. The van der Waals surface area contributed by atoms with Crippen LogP contribution in [0.3, 0.4) is 0 Å². The first-order valence-electron chi connectivity index (χ1n) is 13.1. The molecule has 1 radical (unpaired) electrons. The van der Waals surface area contributed by atoms with Crippen molar-refractivity contribution in [2.45, 2.75) is 110 Å². The molecule has 1 unspecified atom stereocenters. The van der Waals surface area contributed by atoms with Gasteiger partial charge in [-0.1, -0.05) is 101 Å². The molecule has 1 aliphatic heterocycles. The summed E-state index contributed by atoms with van der Waals surface area (Å²) in [5.74, 6) is -0.609. The van der Waals surface area contributed by atoms with Crippen LogP contribution in [0.1, 0.15) is 110 Å². The summed E-state index contributed by atoms with van der Waals surface area (Å²) in [6, 6.07) is 4.67. The quantitative estimate of drug-likeness (QED) is 0.129. The van der Waals surface area contributed by atoms with E-state index >= 15 is 0 Å². The van der Waals surface area contributed by atoms with Gasteiger partial charge in [0, 0.05) is 12.3 Å². The van der Waals surface area contributed by atoms with E-state index in [4.69, 9.17) is 17.3 Å². The lowest BCUT2D eigenvalue weighted by Gasteiger charge is -2.15. The molecule has 2 amide bonds. The Morgan fingerprint density at radius 2 is 1.48 bits per heavy atom. The Kier molecular flexibility index (Phi) is 13.2. The fourth-order valence-electron chi connectivity index (χ4n) is 4.48. The lowest BCUT2D eigenvalue weighted by atomic mass is 10.0. The number of hydrogen-bond acceptors (Lipinski definition) is 2. The normalized spacial score (nSPS) is 16.4. The summed E-state index contributed by atoms with van der Waals surface area (Å²) in [5, 5.41) is 0.313. The van der Waals surface area contributed by atoms with Crippen molar-refractivity contribution in [3.63, 3.8) is 0 Å². The monoisotopic (exact) mass is 473 g/mol. The van der Waals surface area contributed by atoms with E-state index in [-0.39, 0.29) is 29.8 Å². The highest BCUT2D eigenvalue weighted by atomic mass is 35.5. The highest BCUT2D eigenvalue weighted by Crippen LogP contribution is 2.32. The number of allylic oxidation sites excluding steroid dienone is 2. The minimum absolute atomic E-state index is 0.124. The van der Waals surface area contributed by atoms with Gasteiger partial charge in [0.2, 0.25) is 11.8 Å². The molecule has 1 fully saturated rings. The molecule has 0 spiro atoms. The van der Waals surface area contributed by atoms with Crippen LogP contribution in [0, 0.1) is 5.92 Å². The summed E-state index contributed by atoms with van der Waals surface area (Å²) >= 11 is 5.89. The maximum absolute atomic E-state index is 12.7. The second kappa shape index (κ2) is 15.9. The van der Waals surface area contributed by atoms with Gasteiger partial charge in [0.05, 0.1) is 16.4 Å². The molecule has 0 bridgehead atoms. The molecule has 4 nitrogen and oxygen atoms in total. The predicted molar refractivity (Wildman–Crippen MR) is 139 cm³/mol. The zero-order valence-corrected chi connectivity index (χ0v) is 21.2. The van der Waals surface area contributed by atoms with Crippen molar-refractivity contribution in [1.82, 2.24) is 5.73 Å². The number of benzene rings is 1. The number of hydrogen-bond donors (Lipinski definition) is 0. The van der Waals surface area contributed by atoms with Crippen molar-refractivity contribution < 1.29 is 9.59 Å². The van der Waals surface area contributed by atoms with Crippen molar-refractivity contribution in [1.29, 1.82) is 0 Å². The first-order valence-corrected chi connectivity index (χ1v) is 13.4. The van der Waals surface area contributed by atoms with Crippen LogP contribution in [0.15, 0.2) is 30.4 Å². The summed E-state index contributed by atoms with van der Waals surface area (Å²) in [4.78, 5) is 26.3. The van der Waals surface area contributed by atoms with E-state index in [0.29, 0.717) is 17.1 Å². The third-order valence-electron chi connectivity index (χ3n) is 6.52. The first kappa shape index (κ1) is 27.4. The van der Waals surface area contributed by atoms with Gasteiger partial charge in [-0.3, -0.25) is 20.2 Å². The van der Waals surface area contributed by atoms with Gasteiger partial charge in [-0.15, -0.1) is 0 Å². The number of anilines is 1. The molecule has 2 rings (SSSR count). The van der Waals surface area contributed by atoms with E-state index in [9.17, 15) is 9.59 Å². The molecule has 5 heteroatoms. The average molecular weight is 474 g/mol. The van der Waals surface area contributed by atoms with Gasteiger partial charge in [-0.2, -0.15) is 0 Å². The van der Waals surface area contributed by atoms with E-state index in [0.717, 1.165) is 12.8 Å². The summed E-state index contributed by atoms with van der Waals surface area (Å²) < 4.78 is 0. The Morgan fingerprint density at radius 3 is 2.09 bits per heavy atom. The number of rotatable bonds is 17. The van der Waals surface area contributed by atoms with Crippen molar-refractivity contribution in [3.05, 3.63) is 35.4 Å². The Labute approximate surface area is 205 Å². The molecule has 1 atom stereocenters. The van der Waals surface area contributed by atoms with Crippen molar-refractivity contribution in [2.75, 3.05) is 4.90 Å². The fraction of sp³-hybridized carbons (Fsp3) is 0.643. The first-order chi connectivity index (χ1) is 16.0. The third kappa shape index (κ3) is 9.92. The average Bonchev–Trinajstić information content (AvgIpc) is 3.08. The Balaban J connectivity index is 1.51. The van der Waals surface area contributed by atoms with Crippen molar-refractivity contribution in [3.8, 4) is 0 Å². The van der Waals surface area contributed by atoms with E-state index < -0.39 is 0 Å². The van der Waals surface area contributed by atoms with Gasteiger partial charge in [-0.05, 0) is 43.9 Å². The van der Waals surface area contributed by atoms with Gasteiger partial charge in [-0.25, -0.2) is 0 Å². The predicted octanol–water partition coefficient (Wildman–Crippen LogP) is 8.56. The van der Waals surface area contributed by atoms with E-state index in [2.05, 4.69) is 19.1 Å². The van der Waals surface area contributed by atoms with Gasteiger partial charge >= 0.3 is 0 Å². The van der Waals surface area contributed by atoms with Crippen LogP contribution in [-0.2, 0) is 9.59 Å². The topological polar surface area (TPSA) is 61.2 Å². The molecule has 33 heavy (non-hydrogen) atoms. The number of halogens is 1. The molecule has 1 aromatic carbocycles. The number of imide groups is 1. The molecule has 0 aromatic heterocycles. The third-order valence-corrected chi connectivity index (χ3v) is 6.85. The van der Waals surface area contributed by atoms with Crippen LogP contribution in [0.5, 0.6) is 0 Å². The maximum atomic E-state index is 12.7. The fourth-order valence-corrected chi connectivity index (χ4v) is 4.60. The molecule has 1 heterocycles. The minimum atomic E-state index is -0.265. The number of amides is 2. The Hall–Kier alpha value is -1.81. The molecule has 1 aromatic rings. The van der Waals surface area contributed by atoms with Crippen LogP contribution in [-0.4, -0.2) is 11.8 Å². The van der Waals surface area contributed by atoms with Crippen LogP contribution in [0.25, 0.3) is 0 Å². The van der Waals surface area contributed by atoms with Crippen molar-refractivity contribution >= 4 is 34.8 Å². The van der Waals surface area contributed by atoms with E-state index in [1.807, 2.05) is 0 Å². The molecule has 1 N–H and O–H groups in total. The van der Waals surface area contributed by atoms with Crippen LogP contribution < -0.4 is 10.6 Å². The molecule has 0 saturated carbocycles. The molecule has 0 aliphatic carbocycles. The van der Waals surface area contributed by atoms with Gasteiger partial charge < -0.3 is 0 Å². The largest absolute Gasteiger partial charge is 0.299 e. The van der Waals surface area contributed by atoms with Crippen molar-refractivity contribution in [2.24, 2.45) is 5.92 Å². The SMILES string of the molecule is CCCCCCCCCCCCCCC=CCCC1CC(=O)N(c2ccc(Cl)c([NH])c2)C1=O. The van der Waals surface area contributed by atoms with Crippen LogP contribution in [0.2, 0.25) is 5.02 Å². The summed E-state index contributed by atoms with van der Waals surface area (Å²) in [7, 11) is 0. The summed E-state index contributed by atoms with van der Waals surface area (Å²) in [5.41, 5.74) is 8.37. The lowest BCUT2D eigenvalue weighted by Crippen LogP contribution is -2.30. The molecule has 183 valence electrons. The van der Waals surface area contributed by atoms with Gasteiger partial charge in [0.25, 0.3) is 0 Å². The zero-order valence-electron chi connectivity index (χ0n) is 20.4. The van der Waals surface area contributed by atoms with E-state index in [1.54, 1.807) is 12.1 Å². The smallest absolute Gasteiger partial charge is 0.237 e. The highest BCUT2D eigenvalue weighted by Gasteiger charge is 2.38. The Bertz CT molecular complexity index is 762. The molecule has 1 saturated heterocycles. The van der Waals surface area contributed by atoms with Gasteiger partial charge in [0.15, 0.2) is 0 Å². The Morgan fingerprint density at radius 1 is 0.909 bits per heavy atom. The number of carbonyl (C=O) groups excluding carboxylic acids is 2.